The molecule has 3 N–H and O–H groups in total. The minimum Gasteiger partial charge on any atom is -0.435 e. The van der Waals surface area contributed by atoms with E-state index in [0.29, 0.717) is 22.5 Å². The molecule has 0 unspecified atom stereocenters. The lowest BCUT2D eigenvalue weighted by Crippen LogP contribution is -1.94. The Labute approximate surface area is 112 Å². The summed E-state index contributed by atoms with van der Waals surface area (Å²) in [5.41, 5.74) is 7.87. The molecule has 0 atom stereocenters. The van der Waals surface area contributed by atoms with E-state index < -0.39 is 5.82 Å². The van der Waals surface area contributed by atoms with E-state index in [4.69, 9.17) is 21.8 Å². The third-order valence-electron chi connectivity index (χ3n) is 2.57. The summed E-state index contributed by atoms with van der Waals surface area (Å²) in [6.45, 7) is 0. The molecule has 0 spiro atoms. The van der Waals surface area contributed by atoms with Crippen molar-refractivity contribution in [3.05, 3.63) is 41.6 Å². The molecule has 2 aromatic heterocycles. The van der Waals surface area contributed by atoms with Gasteiger partial charge in [-0.25, -0.2) is 14.4 Å². The van der Waals surface area contributed by atoms with Crippen molar-refractivity contribution < 1.29 is 8.81 Å². The fourth-order valence-electron chi connectivity index (χ4n) is 1.70. The van der Waals surface area contributed by atoms with Crippen LogP contribution in [0.4, 0.5) is 21.6 Å². The predicted octanol–water partition coefficient (Wildman–Crippen LogP) is 3.34. The summed E-state index contributed by atoms with van der Waals surface area (Å²) in [4.78, 5) is 7.92. The van der Waals surface area contributed by atoms with Crippen LogP contribution < -0.4 is 11.1 Å². The van der Waals surface area contributed by atoms with E-state index in [9.17, 15) is 4.39 Å². The average Bonchev–Trinajstić information content (AvgIpc) is 2.71. The molecule has 7 heteroatoms. The van der Waals surface area contributed by atoms with Gasteiger partial charge in [0, 0.05) is 5.69 Å². The molecular formula is C12H8ClFN4O. The molecule has 0 saturated heterocycles. The normalized spacial score (nSPS) is 10.8. The Morgan fingerprint density at radius 2 is 2.21 bits per heavy atom. The van der Waals surface area contributed by atoms with Gasteiger partial charge in [-0.2, -0.15) is 0 Å². The first kappa shape index (κ1) is 11.7. The Kier molecular flexibility index (Phi) is 2.72. The number of rotatable bonds is 2. The number of benzene rings is 1. The molecule has 3 rings (SSSR count). The molecule has 0 aliphatic carbocycles. The maximum Gasteiger partial charge on any atom is 0.217 e. The van der Waals surface area contributed by atoms with Crippen molar-refractivity contribution >= 4 is 40.0 Å². The molecule has 0 bridgehead atoms. The second-order valence-electron chi connectivity index (χ2n) is 3.83. The lowest BCUT2D eigenvalue weighted by atomic mass is 10.3. The van der Waals surface area contributed by atoms with Gasteiger partial charge in [0.1, 0.15) is 23.3 Å². The summed E-state index contributed by atoms with van der Waals surface area (Å²) >= 11 is 5.72. The molecule has 0 radical (unpaired) electrons. The van der Waals surface area contributed by atoms with E-state index in [0.717, 1.165) is 0 Å². The van der Waals surface area contributed by atoms with Gasteiger partial charge in [-0.3, -0.25) is 0 Å². The first-order valence-corrected chi connectivity index (χ1v) is 5.73. The smallest absolute Gasteiger partial charge is 0.217 e. The number of anilines is 3. The molecule has 0 fully saturated rings. The van der Waals surface area contributed by atoms with Crippen molar-refractivity contribution in [2.45, 2.75) is 0 Å². The van der Waals surface area contributed by atoms with E-state index >= 15 is 0 Å². The minimum atomic E-state index is -0.487. The molecule has 2 heterocycles. The third-order valence-corrected chi connectivity index (χ3v) is 2.86. The summed E-state index contributed by atoms with van der Waals surface area (Å²) < 4.78 is 18.4. The van der Waals surface area contributed by atoms with Crippen molar-refractivity contribution in [3.63, 3.8) is 0 Å². The van der Waals surface area contributed by atoms with E-state index in [2.05, 4.69) is 15.3 Å². The molecule has 5 nitrogen and oxygen atoms in total. The van der Waals surface area contributed by atoms with Gasteiger partial charge in [-0.1, -0.05) is 11.6 Å². The van der Waals surface area contributed by atoms with Crippen LogP contribution >= 0.6 is 11.6 Å². The zero-order valence-electron chi connectivity index (χ0n) is 9.52. The second kappa shape index (κ2) is 4.40. The topological polar surface area (TPSA) is 77.0 Å². The molecule has 1 aromatic carbocycles. The fourth-order valence-corrected chi connectivity index (χ4v) is 1.89. The quantitative estimate of drug-likeness (QED) is 0.752. The number of furan rings is 1. The number of hydrogen-bond donors (Lipinski definition) is 2. The number of nitrogens with two attached hydrogens (primary N) is 1. The lowest BCUT2D eigenvalue weighted by molar-refractivity contribution is 0.628. The zero-order chi connectivity index (χ0) is 13.4. The van der Waals surface area contributed by atoms with Crippen LogP contribution in [0.3, 0.4) is 0 Å². The first-order chi connectivity index (χ1) is 9.15. The molecule has 0 aliphatic heterocycles. The Hall–Kier alpha value is -2.34. The Morgan fingerprint density at radius 3 is 3.00 bits per heavy atom. The standard InChI is InChI=1S/C12H8ClFN4O/c13-7-3-6(1-2-8(7)14)18-11-10-9(19-12(11)15)4-16-5-17-10/h1-5,18H,15H2. The van der Waals surface area contributed by atoms with Gasteiger partial charge in [-0.15, -0.1) is 0 Å². The van der Waals surface area contributed by atoms with Gasteiger partial charge >= 0.3 is 0 Å². The van der Waals surface area contributed by atoms with E-state index in [1.54, 1.807) is 6.07 Å². The van der Waals surface area contributed by atoms with Crippen LogP contribution in [0.1, 0.15) is 0 Å². The van der Waals surface area contributed by atoms with Crippen LogP contribution in [0.2, 0.25) is 5.02 Å². The highest BCUT2D eigenvalue weighted by Crippen LogP contribution is 2.33. The zero-order valence-corrected chi connectivity index (χ0v) is 10.3. The van der Waals surface area contributed by atoms with Crippen LogP contribution in [-0.4, -0.2) is 9.97 Å². The highest BCUT2D eigenvalue weighted by Gasteiger charge is 2.13. The van der Waals surface area contributed by atoms with E-state index in [-0.39, 0.29) is 10.9 Å². The van der Waals surface area contributed by atoms with Crippen LogP contribution in [0.15, 0.2) is 35.1 Å². The second-order valence-corrected chi connectivity index (χ2v) is 4.24. The van der Waals surface area contributed by atoms with Crippen molar-refractivity contribution in [2.75, 3.05) is 11.1 Å². The lowest BCUT2D eigenvalue weighted by Gasteiger charge is -2.05. The van der Waals surface area contributed by atoms with Gasteiger partial charge in [0.15, 0.2) is 5.58 Å². The molecule has 0 aliphatic rings. The summed E-state index contributed by atoms with van der Waals surface area (Å²) in [7, 11) is 0. The Bertz CT molecular complexity index is 759. The molecule has 3 aromatic rings. The van der Waals surface area contributed by atoms with Gasteiger partial charge in [0.2, 0.25) is 5.88 Å². The van der Waals surface area contributed by atoms with Crippen LogP contribution in [0, 0.1) is 5.82 Å². The number of hydrogen-bond acceptors (Lipinski definition) is 5. The summed E-state index contributed by atoms with van der Waals surface area (Å²) in [6, 6.07) is 4.26. The number of nitrogen functional groups attached to an aromatic ring is 1. The molecule has 19 heavy (non-hydrogen) atoms. The van der Waals surface area contributed by atoms with Gasteiger partial charge in [0.05, 0.1) is 11.2 Å². The van der Waals surface area contributed by atoms with Gasteiger partial charge < -0.3 is 15.5 Å². The maximum absolute atomic E-state index is 13.1. The number of nitrogens with zero attached hydrogens (tertiary/aromatic N) is 2. The van der Waals surface area contributed by atoms with Gasteiger partial charge in [0.25, 0.3) is 0 Å². The Balaban J connectivity index is 2.05. The molecule has 0 saturated carbocycles. The van der Waals surface area contributed by atoms with Crippen molar-refractivity contribution in [2.24, 2.45) is 0 Å². The summed E-state index contributed by atoms with van der Waals surface area (Å²) in [5.74, 6) is -0.310. The maximum atomic E-state index is 13.1. The number of nitrogens with one attached hydrogen (secondary N) is 1. The van der Waals surface area contributed by atoms with E-state index in [1.807, 2.05) is 0 Å². The number of aromatic nitrogens is 2. The first-order valence-electron chi connectivity index (χ1n) is 5.35. The predicted molar refractivity (Wildman–Crippen MR) is 70.9 cm³/mol. The largest absolute Gasteiger partial charge is 0.435 e. The number of fused-ring (bicyclic) bond motifs is 1. The van der Waals surface area contributed by atoms with Gasteiger partial charge in [-0.05, 0) is 18.2 Å². The third kappa shape index (κ3) is 2.06. The van der Waals surface area contributed by atoms with Crippen molar-refractivity contribution in [1.82, 2.24) is 9.97 Å². The molecule has 0 amide bonds. The number of halogens is 2. The monoisotopic (exact) mass is 278 g/mol. The summed E-state index contributed by atoms with van der Waals surface area (Å²) in [6.07, 6.45) is 2.90. The highest BCUT2D eigenvalue weighted by atomic mass is 35.5. The van der Waals surface area contributed by atoms with E-state index in [1.165, 1.54) is 24.7 Å². The summed E-state index contributed by atoms with van der Waals surface area (Å²) in [5, 5.41) is 3.02. The fraction of sp³-hybridized carbons (Fsp3) is 0. The van der Waals surface area contributed by atoms with Crippen molar-refractivity contribution in [1.29, 1.82) is 0 Å². The van der Waals surface area contributed by atoms with Crippen molar-refractivity contribution in [3.8, 4) is 0 Å². The SMILES string of the molecule is Nc1oc2cncnc2c1Nc1ccc(F)c(Cl)c1. The Morgan fingerprint density at radius 1 is 1.37 bits per heavy atom. The van der Waals surface area contributed by atoms with Crippen LogP contribution in [0.5, 0.6) is 0 Å². The highest BCUT2D eigenvalue weighted by molar-refractivity contribution is 6.31. The average molecular weight is 279 g/mol. The molecular weight excluding hydrogens is 271 g/mol. The van der Waals surface area contributed by atoms with Crippen LogP contribution in [0.25, 0.3) is 11.1 Å². The molecule has 96 valence electrons. The minimum absolute atomic E-state index is 0.0194. The van der Waals surface area contributed by atoms with Crippen LogP contribution in [-0.2, 0) is 0 Å².